The van der Waals surface area contributed by atoms with Gasteiger partial charge in [0.05, 0.1) is 22.3 Å². The number of halogens is 1. The standard InChI is InChI=1S/C44H42ClN5O3/c1-30-11-14-34(15-12-30)50(35-16-18-37(51)19-17-35)44(53)40-29-49(41-10-6-5-9-38(40)41)42-26-33(45)13-20-39(42)43(52)48-27-32-8-4-3-7-31(32)25-36(48)28-47-23-21-46(2)22-24-47/h3-20,26,29,36,51H,21-25,27-28H2,1-2H3/t36-/m0/s1. The molecule has 2 aliphatic rings. The third-order valence-corrected chi connectivity index (χ3v) is 10.9. The van der Waals surface area contributed by atoms with Crippen LogP contribution in [0, 0.1) is 6.92 Å². The van der Waals surface area contributed by atoms with Crippen LogP contribution in [0.2, 0.25) is 5.02 Å². The Morgan fingerprint density at radius 3 is 2.19 bits per heavy atom. The second-order valence-electron chi connectivity index (χ2n) is 14.2. The molecule has 0 radical (unpaired) electrons. The van der Waals surface area contributed by atoms with Crippen LogP contribution in [0.1, 0.15) is 37.4 Å². The van der Waals surface area contributed by atoms with Crippen LogP contribution in [0.4, 0.5) is 11.4 Å². The van der Waals surface area contributed by atoms with Crippen LogP contribution in [0.25, 0.3) is 16.6 Å². The summed E-state index contributed by atoms with van der Waals surface area (Å²) in [5, 5.41) is 11.3. The molecule has 9 heteroatoms. The van der Waals surface area contributed by atoms with Gasteiger partial charge in [0, 0.05) is 73.3 Å². The van der Waals surface area contributed by atoms with E-state index in [1.54, 1.807) is 35.2 Å². The van der Waals surface area contributed by atoms with Gasteiger partial charge >= 0.3 is 0 Å². The van der Waals surface area contributed by atoms with E-state index >= 15 is 0 Å². The van der Waals surface area contributed by atoms with Gasteiger partial charge in [-0.05, 0) is 92.2 Å². The molecular weight excluding hydrogens is 682 g/mol. The van der Waals surface area contributed by atoms with Crippen molar-refractivity contribution in [3.63, 3.8) is 0 Å². The summed E-state index contributed by atoms with van der Waals surface area (Å²) in [6, 6.07) is 36.0. The van der Waals surface area contributed by atoms with E-state index in [4.69, 9.17) is 11.6 Å². The third-order valence-electron chi connectivity index (χ3n) is 10.7. The molecule has 0 aliphatic carbocycles. The summed E-state index contributed by atoms with van der Waals surface area (Å²) in [5.74, 6) is -0.201. The van der Waals surface area contributed by atoms with Gasteiger partial charge in [0.2, 0.25) is 0 Å². The van der Waals surface area contributed by atoms with Crippen molar-refractivity contribution in [2.45, 2.75) is 25.9 Å². The van der Waals surface area contributed by atoms with Crippen LogP contribution in [-0.2, 0) is 13.0 Å². The minimum Gasteiger partial charge on any atom is -0.508 e. The van der Waals surface area contributed by atoms with Gasteiger partial charge in [-0.15, -0.1) is 0 Å². The number of hydrogen-bond donors (Lipinski definition) is 1. The Kier molecular flexibility index (Phi) is 9.51. The highest BCUT2D eigenvalue weighted by molar-refractivity contribution is 6.31. The van der Waals surface area contributed by atoms with Crippen LogP contribution in [0.5, 0.6) is 5.75 Å². The molecule has 2 aliphatic heterocycles. The van der Waals surface area contributed by atoms with E-state index < -0.39 is 0 Å². The van der Waals surface area contributed by atoms with Crippen LogP contribution in [-0.4, -0.2) is 82.0 Å². The predicted octanol–water partition coefficient (Wildman–Crippen LogP) is 8.09. The van der Waals surface area contributed by atoms with E-state index in [1.165, 1.54) is 5.56 Å². The Morgan fingerprint density at radius 2 is 1.45 bits per heavy atom. The molecule has 6 aromatic rings. The molecule has 1 atom stereocenters. The number of aromatic nitrogens is 1. The Bertz CT molecular complexity index is 2250. The number of hydrogen-bond acceptors (Lipinski definition) is 5. The number of para-hydroxylation sites is 1. The zero-order valence-corrected chi connectivity index (χ0v) is 30.7. The van der Waals surface area contributed by atoms with Crippen molar-refractivity contribution in [1.82, 2.24) is 19.3 Å². The largest absolute Gasteiger partial charge is 0.508 e. The lowest BCUT2D eigenvalue weighted by Gasteiger charge is -2.41. The molecule has 0 spiro atoms. The van der Waals surface area contributed by atoms with E-state index in [-0.39, 0.29) is 23.6 Å². The van der Waals surface area contributed by atoms with Crippen LogP contribution in [0.15, 0.2) is 121 Å². The normalized spacial score (nSPS) is 16.4. The van der Waals surface area contributed by atoms with Crippen molar-refractivity contribution in [2.75, 3.05) is 44.7 Å². The predicted molar refractivity (Wildman–Crippen MR) is 212 cm³/mol. The summed E-state index contributed by atoms with van der Waals surface area (Å²) in [4.78, 5) is 38.3. The molecule has 1 aromatic heterocycles. The zero-order chi connectivity index (χ0) is 36.6. The fraction of sp³-hybridized carbons (Fsp3) is 0.227. The minimum atomic E-state index is -0.246. The van der Waals surface area contributed by atoms with Crippen molar-refractivity contribution in [3.8, 4) is 11.4 Å². The number of benzene rings is 5. The molecule has 1 N–H and O–H groups in total. The number of amides is 2. The van der Waals surface area contributed by atoms with Gasteiger partial charge < -0.3 is 19.5 Å². The van der Waals surface area contributed by atoms with Crippen LogP contribution in [0.3, 0.4) is 0 Å². The van der Waals surface area contributed by atoms with Crippen molar-refractivity contribution in [1.29, 1.82) is 0 Å². The first-order valence-electron chi connectivity index (χ1n) is 18.1. The molecule has 268 valence electrons. The van der Waals surface area contributed by atoms with Crippen molar-refractivity contribution >= 4 is 45.7 Å². The van der Waals surface area contributed by atoms with Crippen molar-refractivity contribution < 1.29 is 14.7 Å². The smallest absolute Gasteiger partial charge is 0.265 e. The number of aromatic hydroxyl groups is 1. The molecular formula is C44H42ClN5O3. The SMILES string of the molecule is Cc1ccc(N(C(=O)c2cn(-c3cc(Cl)ccc3C(=O)N3Cc4ccccc4C[C@H]3CN3CCN(C)CC3)c3ccccc23)c2ccc(O)cc2)cc1. The molecule has 8 nitrogen and oxygen atoms in total. The van der Waals surface area contributed by atoms with Crippen LogP contribution < -0.4 is 4.90 Å². The van der Waals surface area contributed by atoms with E-state index in [9.17, 15) is 14.7 Å². The summed E-state index contributed by atoms with van der Waals surface area (Å²) in [6.45, 7) is 7.28. The minimum absolute atomic E-state index is 0.00347. The molecule has 2 amide bonds. The second kappa shape index (κ2) is 14.5. The van der Waals surface area contributed by atoms with Gasteiger partial charge in [-0.2, -0.15) is 0 Å². The molecule has 0 unspecified atom stereocenters. The molecule has 8 rings (SSSR count). The first kappa shape index (κ1) is 34.7. The van der Waals surface area contributed by atoms with Gasteiger partial charge in [0.15, 0.2) is 0 Å². The molecule has 1 fully saturated rings. The number of nitrogens with zero attached hydrogens (tertiary/aromatic N) is 5. The van der Waals surface area contributed by atoms with E-state index in [2.05, 4.69) is 35.0 Å². The van der Waals surface area contributed by atoms with Crippen molar-refractivity contribution in [2.24, 2.45) is 0 Å². The number of rotatable bonds is 7. The first-order valence-corrected chi connectivity index (χ1v) is 18.5. The summed E-state index contributed by atoms with van der Waals surface area (Å²) < 4.78 is 1.93. The second-order valence-corrected chi connectivity index (χ2v) is 14.7. The molecule has 0 bridgehead atoms. The van der Waals surface area contributed by atoms with E-state index in [1.807, 2.05) is 89.3 Å². The summed E-state index contributed by atoms with van der Waals surface area (Å²) in [6.07, 6.45) is 2.61. The zero-order valence-electron chi connectivity index (χ0n) is 30.0. The quantitative estimate of drug-likeness (QED) is 0.180. The fourth-order valence-electron chi connectivity index (χ4n) is 7.71. The maximum absolute atomic E-state index is 15.0. The highest BCUT2D eigenvalue weighted by atomic mass is 35.5. The Morgan fingerprint density at radius 1 is 0.792 bits per heavy atom. The number of phenols is 1. The average molecular weight is 724 g/mol. The third kappa shape index (κ3) is 6.93. The lowest BCUT2D eigenvalue weighted by atomic mass is 9.92. The van der Waals surface area contributed by atoms with Gasteiger partial charge in [-0.3, -0.25) is 19.4 Å². The first-order chi connectivity index (χ1) is 25.7. The number of carbonyl (C=O) groups excluding carboxylic acids is 2. The summed E-state index contributed by atoms with van der Waals surface area (Å²) in [7, 11) is 2.16. The average Bonchev–Trinajstić information content (AvgIpc) is 3.56. The fourth-order valence-corrected chi connectivity index (χ4v) is 7.87. The molecule has 5 aromatic carbocycles. The number of anilines is 2. The Hall–Kier alpha value is -5.41. The van der Waals surface area contributed by atoms with E-state index in [0.29, 0.717) is 39.8 Å². The molecule has 53 heavy (non-hydrogen) atoms. The van der Waals surface area contributed by atoms with Gasteiger partial charge in [-0.1, -0.05) is 71.8 Å². The maximum Gasteiger partial charge on any atom is 0.265 e. The number of aryl methyl sites for hydroxylation is 1. The summed E-state index contributed by atoms with van der Waals surface area (Å²) >= 11 is 6.71. The highest BCUT2D eigenvalue weighted by Crippen LogP contribution is 2.35. The molecule has 1 saturated heterocycles. The Balaban J connectivity index is 1.21. The van der Waals surface area contributed by atoms with E-state index in [0.717, 1.165) is 61.2 Å². The monoisotopic (exact) mass is 723 g/mol. The number of carbonyl (C=O) groups is 2. The lowest BCUT2D eigenvalue weighted by Crippen LogP contribution is -2.53. The number of phenolic OH excluding ortho intramolecular Hbond substituents is 1. The molecule has 3 heterocycles. The Labute approximate surface area is 315 Å². The van der Waals surface area contributed by atoms with Crippen LogP contribution >= 0.6 is 11.6 Å². The number of fused-ring (bicyclic) bond motifs is 2. The van der Waals surface area contributed by atoms with Gasteiger partial charge in [-0.25, -0.2) is 0 Å². The van der Waals surface area contributed by atoms with Gasteiger partial charge in [0.1, 0.15) is 5.75 Å². The lowest BCUT2D eigenvalue weighted by molar-refractivity contribution is 0.0536. The highest BCUT2D eigenvalue weighted by Gasteiger charge is 2.34. The number of piperazine rings is 1. The topological polar surface area (TPSA) is 72.3 Å². The number of likely N-dealkylation sites (N-methyl/N-ethyl adjacent to an activating group) is 1. The molecule has 0 saturated carbocycles. The summed E-state index contributed by atoms with van der Waals surface area (Å²) in [5.41, 5.74) is 7.21. The van der Waals surface area contributed by atoms with Gasteiger partial charge in [0.25, 0.3) is 11.8 Å². The van der Waals surface area contributed by atoms with Crippen molar-refractivity contribution in [3.05, 3.63) is 154 Å². The maximum atomic E-state index is 15.0.